The van der Waals surface area contributed by atoms with Gasteiger partial charge in [-0.15, -0.1) is 23.5 Å². The van der Waals surface area contributed by atoms with Gasteiger partial charge in [-0.3, -0.25) is 33.7 Å². The number of thiol groups is 1. The summed E-state index contributed by atoms with van der Waals surface area (Å²) in [5, 5.41) is 83.1. The van der Waals surface area contributed by atoms with Crippen LogP contribution >= 0.6 is 72.4 Å². The molecule has 43 heteroatoms. The molecular formula is C81H96N9O27P4S3-. The van der Waals surface area contributed by atoms with Crippen molar-refractivity contribution in [2.75, 3.05) is 35.6 Å². The number of likely N-dealkylation sites (tertiary alicyclic amines) is 1. The highest BCUT2D eigenvalue weighted by Gasteiger charge is 2.64. The maximum Gasteiger partial charge on any atom is 0.646 e. The normalized spacial score (nSPS) is 25.5. The molecule has 21 unspecified atom stereocenters. The van der Waals surface area contributed by atoms with Crippen molar-refractivity contribution in [1.29, 1.82) is 0 Å². The van der Waals surface area contributed by atoms with Crippen molar-refractivity contribution in [3.05, 3.63) is 183 Å². The first-order valence-corrected chi connectivity index (χ1v) is 43.2. The summed E-state index contributed by atoms with van der Waals surface area (Å²) >= 11 is 6.94. The van der Waals surface area contributed by atoms with Crippen molar-refractivity contribution in [2.24, 2.45) is 35.5 Å². The van der Waals surface area contributed by atoms with E-state index in [9.17, 15) is 87.3 Å². The van der Waals surface area contributed by atoms with Crippen LogP contribution in [0.3, 0.4) is 0 Å². The Hall–Kier alpha value is -10.0. The Morgan fingerprint density at radius 2 is 0.863 bits per heavy atom. The lowest BCUT2D eigenvalue weighted by Gasteiger charge is -2.46. The predicted octanol–water partition coefficient (Wildman–Crippen LogP) is 7.36. The maximum atomic E-state index is 13.8. The van der Waals surface area contributed by atoms with Gasteiger partial charge in [0, 0.05) is 80.0 Å². The number of phosphoric acid groups is 1. The lowest BCUT2D eigenvalue weighted by atomic mass is 9.79. The van der Waals surface area contributed by atoms with Crippen LogP contribution in [0.15, 0.2) is 166 Å². The number of hydrogen-bond acceptors (Lipinski definition) is 29. The number of rotatable bonds is 25. The van der Waals surface area contributed by atoms with Gasteiger partial charge in [-0.05, 0) is 119 Å². The van der Waals surface area contributed by atoms with Gasteiger partial charge in [-0.25, -0.2) is 28.8 Å². The number of hydrogen-bond donors (Lipinski definition) is 12. The zero-order chi connectivity index (χ0) is 88.8. The summed E-state index contributed by atoms with van der Waals surface area (Å²) in [4.78, 5) is 164. The number of aromatic carboxylic acids is 3. The quantitative estimate of drug-likeness (QED) is 0.0154. The molecule has 0 aliphatic carbocycles. The standard InChI is InChI=1S/C23H26N3O9PS.C22H26N3O7PS.C22H23NO8P2.C12H14N2O3S.2CH4/c1-9-16-15(10(2)27)20(29)26(16)17(22(32)35-36)18(9)37-13-7-14(25(8-13)23(33)34)19(28)24-12-5-3-4-11(6-12)21(30)31;1-9-16-15(10(2)26)20(28)25(16)17(22(31)32-33)18(9)34-13-7-14(23-8-13)19(27)24-12-5-3-4-11(6-12)21(29)30;1-13-18-17(14(2)24)21(25)23(18)19(22(26)28-32)20(13)31-33(27,29-15-9-5-3-6-10-15)30-16-11-7-4-8-12-16;15-11(10-5-9(18)6-13-10)14-8-3-1-2-7(4-8)12(16)17;;/h3-6,9-10,13-16,27H,7-8,36H2,1-2H3,(H,24,28)(H,30,31)(H,33,34);3-6,9-10,13-16,23,26H,7-8,33H2,1-2H3,(H,24,27)(H,29,30);3-14,17-18,24H,32H2,1-2H3;1-4,9-10,13,18H,5-6H2,(H,14,15)(H,16,17);2*1H4/p-1. The number of nitrogens with zero attached hydrogens (tertiary/aromatic N) is 4. The molecule has 9 heterocycles. The second kappa shape index (κ2) is 41.9. The fraction of sp³-hybridized carbons (Fsp3) is 0.395. The molecule has 124 heavy (non-hydrogen) atoms. The lowest BCUT2D eigenvalue weighted by Crippen LogP contribution is -2.63. The first-order chi connectivity index (χ1) is 57.9. The number of carboxylic acid groups (broad SMARTS) is 4. The third-order valence-electron chi connectivity index (χ3n) is 21.7. The number of fused-ring (bicyclic) bond motifs is 3. The van der Waals surface area contributed by atoms with Crippen LogP contribution in [0.1, 0.15) is 107 Å². The molecule has 0 aromatic heterocycles. The molecule has 0 bridgehead atoms. The monoisotopic (exact) mass is 1850 g/mol. The van der Waals surface area contributed by atoms with E-state index >= 15 is 0 Å². The average Bonchev–Trinajstić information content (AvgIpc) is 1.56. The zero-order valence-electron chi connectivity index (χ0n) is 65.8. The van der Waals surface area contributed by atoms with E-state index in [4.69, 9.17) is 42.5 Å². The summed E-state index contributed by atoms with van der Waals surface area (Å²) < 4.78 is 45.4. The lowest BCUT2D eigenvalue weighted by molar-refractivity contribution is -0.266. The van der Waals surface area contributed by atoms with E-state index in [1.54, 1.807) is 98.8 Å². The predicted molar refractivity (Wildman–Crippen MR) is 465 cm³/mol. The molecule has 11 N–H and O–H groups in total. The number of aliphatic hydroxyl groups is 3. The number of thioether (sulfide) groups is 2. The third kappa shape index (κ3) is 21.2. The molecule has 6 fully saturated rings. The highest BCUT2D eigenvalue weighted by Crippen LogP contribution is 2.59. The molecule has 6 saturated heterocycles. The van der Waals surface area contributed by atoms with Crippen molar-refractivity contribution in [3.8, 4) is 11.5 Å². The topological polar surface area (TPSA) is 512 Å². The van der Waals surface area contributed by atoms with Crippen molar-refractivity contribution < 1.29 is 130 Å². The number of anilines is 3. The van der Waals surface area contributed by atoms with Crippen LogP contribution < -0.4 is 40.7 Å². The highest BCUT2D eigenvalue weighted by atomic mass is 32.2. The number of carboxylic acids is 3. The molecule has 666 valence electrons. The minimum atomic E-state index is -4.40. The summed E-state index contributed by atoms with van der Waals surface area (Å²) in [5.41, 5.74) is 1.34. The Kier molecular flexibility index (Phi) is 33.0. The number of carbonyl (C=O) groups is 13. The molecule has 5 aromatic carbocycles. The van der Waals surface area contributed by atoms with Gasteiger partial charge < -0.3 is 109 Å². The molecule has 14 rings (SSSR count). The molecule has 9 aliphatic rings. The average molecular weight is 1850 g/mol. The number of phosphoric ester groups is 1. The first-order valence-electron chi connectivity index (χ1n) is 38.1. The first kappa shape index (κ1) is 97.8. The van der Waals surface area contributed by atoms with Crippen LogP contribution in [0, 0.1) is 35.5 Å². The molecule has 0 radical (unpaired) electrons. The number of nitrogens with one attached hydrogen (secondary N) is 5. The third-order valence-corrected chi connectivity index (χ3v) is 27.0. The summed E-state index contributed by atoms with van der Waals surface area (Å²) in [5.74, 6) is -10.4. The van der Waals surface area contributed by atoms with E-state index in [2.05, 4.69) is 39.2 Å². The Morgan fingerprint density at radius 3 is 1.23 bits per heavy atom. The fourth-order valence-electron chi connectivity index (χ4n) is 16.0. The van der Waals surface area contributed by atoms with E-state index in [0.717, 1.165) is 9.81 Å². The van der Waals surface area contributed by atoms with Crippen LogP contribution in [-0.2, 0) is 65.8 Å². The summed E-state index contributed by atoms with van der Waals surface area (Å²) in [6.45, 7) is 11.2. The second-order valence-electron chi connectivity index (χ2n) is 29.8. The van der Waals surface area contributed by atoms with E-state index < -0.39 is 139 Å². The number of β-lactam (4-membered cyclic amide) rings is 3. The molecular weight excluding hydrogens is 1750 g/mol. The van der Waals surface area contributed by atoms with E-state index in [1.165, 1.54) is 101 Å². The van der Waals surface area contributed by atoms with Gasteiger partial charge in [0.25, 0.3) is 0 Å². The minimum absolute atomic E-state index is 0. The molecule has 21 atom stereocenters. The van der Waals surface area contributed by atoms with Gasteiger partial charge in [0.2, 0.25) is 35.4 Å². The minimum Gasteiger partial charge on any atom is -0.530 e. The number of benzene rings is 5. The zero-order valence-corrected chi connectivity index (χ0v) is 72.7. The number of aliphatic hydroxyl groups excluding tert-OH is 3. The Morgan fingerprint density at radius 1 is 0.500 bits per heavy atom. The van der Waals surface area contributed by atoms with Gasteiger partial charge in [0.1, 0.15) is 40.8 Å². The number of carbonyl (C=O) groups excluding carboxylic acids is 10. The Labute approximate surface area is 734 Å². The summed E-state index contributed by atoms with van der Waals surface area (Å²) in [6, 6.07) is 31.2. The maximum absolute atomic E-state index is 13.8. The van der Waals surface area contributed by atoms with Crippen molar-refractivity contribution in [1.82, 2.24) is 30.2 Å². The smallest absolute Gasteiger partial charge is 0.530 e. The van der Waals surface area contributed by atoms with Gasteiger partial charge in [0.15, 0.2) is 5.70 Å². The molecule has 9 aliphatic heterocycles. The summed E-state index contributed by atoms with van der Waals surface area (Å²) in [6.07, 6.45) is -2.99. The van der Waals surface area contributed by atoms with Crippen LogP contribution in [0.25, 0.3) is 0 Å². The van der Waals surface area contributed by atoms with Gasteiger partial charge in [0.05, 0.1) is 111 Å². The van der Waals surface area contributed by atoms with Crippen molar-refractivity contribution in [2.45, 2.75) is 146 Å². The van der Waals surface area contributed by atoms with Gasteiger partial charge in [-0.2, -0.15) is 17.2 Å². The fourth-order valence-corrected chi connectivity index (χ4v) is 21.0. The Balaban J connectivity index is 0.000000191. The SMILES string of the molecule is C.C.CC(O)C1C(=O)N2C(C(=O)OP)=C(OP(=O)(Oc3ccccc3)Oc3ccccc3)C(C)C12.CC(O)C1C(=O)N2C(C(=O)OP)=C(SC3CC(C(=O)Nc4cccc(C(=O)O)c4)N(C(=O)[O-])C3)C(C)C12.CC(O)C1C(=O)N2C(C(=O)OP)=C(SC3CNC(C(=O)Nc4cccc(C(=O)O)c4)C3)C(C)C12.O=C(O)c1cccc(NC(=O)C2CC(S)CN2)c1. The van der Waals surface area contributed by atoms with Gasteiger partial charge in [-0.1, -0.05) is 90.2 Å². The van der Waals surface area contributed by atoms with Crippen molar-refractivity contribution in [3.63, 3.8) is 0 Å². The molecule has 0 spiro atoms. The van der Waals surface area contributed by atoms with E-state index in [0.29, 0.717) is 42.2 Å². The van der Waals surface area contributed by atoms with Crippen LogP contribution in [-0.4, -0.2) is 218 Å². The van der Waals surface area contributed by atoms with E-state index in [1.807, 2.05) is 42.2 Å². The second-order valence-corrected chi connectivity index (χ2v) is 35.3. The molecule has 0 saturated carbocycles. The van der Waals surface area contributed by atoms with Crippen molar-refractivity contribution >= 4 is 167 Å². The number of amides is 7. The molecule has 7 amide bonds. The number of para-hydroxylation sites is 2. The molecule has 5 aromatic rings. The largest absolute Gasteiger partial charge is 0.646 e. The molecule has 36 nitrogen and oxygen atoms in total. The Bertz CT molecular complexity index is 5050. The van der Waals surface area contributed by atoms with Gasteiger partial charge >= 0.3 is 43.6 Å². The van der Waals surface area contributed by atoms with Crippen LogP contribution in [0.5, 0.6) is 11.5 Å². The van der Waals surface area contributed by atoms with E-state index in [-0.39, 0.29) is 137 Å². The van der Waals surface area contributed by atoms with Crippen LogP contribution in [0.4, 0.5) is 21.9 Å². The highest BCUT2D eigenvalue weighted by molar-refractivity contribution is 8.04. The summed E-state index contributed by atoms with van der Waals surface area (Å²) in [7, 11) is 1.18. The van der Waals surface area contributed by atoms with Crippen LogP contribution in [0.2, 0.25) is 0 Å².